The number of amides is 1. The number of Topliss-reactive ketones (excluding diaryl/α,β-unsaturated/α-hetero) is 1. The first-order chi connectivity index (χ1) is 17.5. The number of hydrazine groups is 1. The number of hydrogen-bond acceptors (Lipinski definition) is 7. The zero-order valence-electron chi connectivity index (χ0n) is 20.0. The fourth-order valence-electron chi connectivity index (χ4n) is 4.90. The highest BCUT2D eigenvalue weighted by Crippen LogP contribution is 2.43. The van der Waals surface area contributed by atoms with Crippen LogP contribution in [-0.4, -0.2) is 41.1 Å². The molecule has 0 fully saturated rings. The van der Waals surface area contributed by atoms with Crippen LogP contribution in [0.2, 0.25) is 0 Å². The zero-order valence-corrected chi connectivity index (χ0v) is 20.0. The van der Waals surface area contributed by atoms with E-state index in [2.05, 4.69) is 15.6 Å². The normalized spacial score (nSPS) is 17.6. The van der Waals surface area contributed by atoms with E-state index in [1.54, 1.807) is 20.3 Å². The van der Waals surface area contributed by atoms with Crippen molar-refractivity contribution in [2.24, 2.45) is 0 Å². The van der Waals surface area contributed by atoms with Gasteiger partial charge >= 0.3 is 0 Å². The van der Waals surface area contributed by atoms with E-state index in [1.807, 2.05) is 42.5 Å². The van der Waals surface area contributed by atoms with Gasteiger partial charge in [0.15, 0.2) is 17.3 Å². The fraction of sp³-hybridized carbons (Fsp3) is 0.259. The minimum Gasteiger partial charge on any atom is -0.493 e. The fourth-order valence-corrected chi connectivity index (χ4v) is 4.90. The Kier molecular flexibility index (Phi) is 6.28. The number of carbonyl (C=O) groups is 2. The van der Waals surface area contributed by atoms with Crippen molar-refractivity contribution in [1.82, 2.24) is 15.2 Å². The highest BCUT2D eigenvalue weighted by atomic mass is 16.5. The van der Waals surface area contributed by atoms with Crippen LogP contribution in [0.15, 0.2) is 70.7 Å². The molecule has 5 rings (SSSR count). The molecule has 2 aromatic carbocycles. The van der Waals surface area contributed by atoms with Crippen molar-refractivity contribution in [3.63, 3.8) is 0 Å². The van der Waals surface area contributed by atoms with Crippen LogP contribution in [0, 0.1) is 0 Å². The van der Waals surface area contributed by atoms with Gasteiger partial charge in [-0.2, -0.15) is 5.10 Å². The largest absolute Gasteiger partial charge is 0.493 e. The van der Waals surface area contributed by atoms with Crippen LogP contribution in [0.25, 0.3) is 11.3 Å². The minimum atomic E-state index is -0.404. The number of ether oxygens (including phenoxy) is 2. The van der Waals surface area contributed by atoms with Crippen LogP contribution in [0.3, 0.4) is 0 Å². The maximum atomic E-state index is 13.5. The number of nitrogens with one attached hydrogen (secondary N) is 2. The van der Waals surface area contributed by atoms with E-state index < -0.39 is 11.5 Å². The molecule has 1 atom stereocenters. The average molecular weight is 487 g/mol. The number of nitrogens with zero attached hydrogens (tertiary/aromatic N) is 2. The second-order valence-corrected chi connectivity index (χ2v) is 8.71. The topological polar surface area (TPSA) is 114 Å². The number of H-pyrrole nitrogens is 1. The molecule has 9 nitrogen and oxygen atoms in total. The zero-order chi connectivity index (χ0) is 25.2. The Hall–Kier alpha value is -4.40. The molecule has 1 aromatic heterocycles. The lowest BCUT2D eigenvalue weighted by Gasteiger charge is -2.38. The lowest BCUT2D eigenvalue weighted by atomic mass is 9.77. The molecule has 1 aliphatic carbocycles. The predicted octanol–water partition coefficient (Wildman–Crippen LogP) is 3.80. The summed E-state index contributed by atoms with van der Waals surface area (Å²) in [5, 5.41) is 8.09. The van der Waals surface area contributed by atoms with Crippen LogP contribution in [-0.2, 0) is 9.59 Å². The van der Waals surface area contributed by atoms with Crippen molar-refractivity contribution in [3.05, 3.63) is 81.8 Å². The second kappa shape index (κ2) is 9.69. The number of carbonyl (C=O) groups excluding carboxylic acids is 2. The molecule has 0 radical (unpaired) electrons. The number of aromatic amines is 1. The number of allylic oxidation sites excluding steroid dienone is 2. The van der Waals surface area contributed by atoms with Gasteiger partial charge in [-0.1, -0.05) is 36.4 Å². The number of aromatic nitrogens is 2. The quantitative estimate of drug-likeness (QED) is 0.545. The molecule has 0 unspecified atom stereocenters. The standard InChI is InChI=1S/C27H26N4O5/c1-35-22-12-11-17(13-23(22)36-2)18-14-25(34)31(20-9-6-10-21(32)26(18)20)30-19-15-24(33)28-29-27(19)16-7-4-3-5-8-16/h3-5,7-8,11-13,15,18H,6,9-10,14H2,1-2H3,(H2,28,30,33)/t18-/m1/s1. The van der Waals surface area contributed by atoms with E-state index in [4.69, 9.17) is 9.47 Å². The van der Waals surface area contributed by atoms with Crippen LogP contribution in [0.1, 0.15) is 37.2 Å². The van der Waals surface area contributed by atoms with Crippen molar-refractivity contribution in [1.29, 1.82) is 0 Å². The van der Waals surface area contributed by atoms with Crippen molar-refractivity contribution in [2.75, 3.05) is 19.6 Å². The van der Waals surface area contributed by atoms with E-state index in [9.17, 15) is 14.4 Å². The molecule has 2 heterocycles. The maximum absolute atomic E-state index is 13.5. The van der Waals surface area contributed by atoms with Gasteiger partial charge in [0, 0.05) is 36.0 Å². The van der Waals surface area contributed by atoms with Gasteiger partial charge in [-0.3, -0.25) is 19.8 Å². The SMILES string of the molecule is COc1ccc([C@H]2CC(=O)N(Nc3cc(=O)[nH]nc3-c3ccccc3)C3=C2C(=O)CCC3)cc1OC. The minimum absolute atomic E-state index is 0.0163. The van der Waals surface area contributed by atoms with Crippen LogP contribution in [0.4, 0.5) is 5.69 Å². The van der Waals surface area contributed by atoms with Crippen LogP contribution < -0.4 is 20.5 Å². The van der Waals surface area contributed by atoms with Gasteiger partial charge in [-0.15, -0.1) is 0 Å². The lowest BCUT2D eigenvalue weighted by molar-refractivity contribution is -0.130. The molecule has 9 heteroatoms. The summed E-state index contributed by atoms with van der Waals surface area (Å²) >= 11 is 0. The van der Waals surface area contributed by atoms with Gasteiger partial charge in [0.05, 0.1) is 25.6 Å². The Morgan fingerprint density at radius 3 is 2.50 bits per heavy atom. The smallest absolute Gasteiger partial charge is 0.266 e. The molecule has 2 N–H and O–H groups in total. The van der Waals surface area contributed by atoms with Gasteiger partial charge in [-0.25, -0.2) is 10.1 Å². The molecule has 0 saturated heterocycles. The summed E-state index contributed by atoms with van der Waals surface area (Å²) in [4.78, 5) is 38.8. The van der Waals surface area contributed by atoms with E-state index in [0.29, 0.717) is 53.4 Å². The van der Waals surface area contributed by atoms with E-state index >= 15 is 0 Å². The molecule has 1 aliphatic heterocycles. The summed E-state index contributed by atoms with van der Waals surface area (Å²) in [5.74, 6) is 0.524. The summed E-state index contributed by atoms with van der Waals surface area (Å²) in [7, 11) is 3.11. The summed E-state index contributed by atoms with van der Waals surface area (Å²) in [6.45, 7) is 0. The van der Waals surface area contributed by atoms with Crippen molar-refractivity contribution in [3.8, 4) is 22.8 Å². The monoisotopic (exact) mass is 486 g/mol. The molecule has 2 aliphatic rings. The van der Waals surface area contributed by atoms with Gasteiger partial charge in [0.25, 0.3) is 5.56 Å². The van der Waals surface area contributed by atoms with Gasteiger partial charge in [0.1, 0.15) is 5.69 Å². The van der Waals surface area contributed by atoms with Crippen LogP contribution >= 0.6 is 0 Å². The van der Waals surface area contributed by atoms with Gasteiger partial charge in [0.2, 0.25) is 5.91 Å². The summed E-state index contributed by atoms with van der Waals surface area (Å²) < 4.78 is 10.8. The molecular formula is C27H26N4O5. The predicted molar refractivity (Wildman–Crippen MR) is 134 cm³/mol. The molecule has 36 heavy (non-hydrogen) atoms. The Labute approximate surface area is 207 Å². The third-order valence-electron chi connectivity index (χ3n) is 6.57. The number of rotatable bonds is 6. The van der Waals surface area contributed by atoms with Crippen molar-refractivity contribution in [2.45, 2.75) is 31.6 Å². The second-order valence-electron chi connectivity index (χ2n) is 8.71. The molecule has 0 bridgehead atoms. The molecule has 1 amide bonds. The first kappa shape index (κ1) is 23.3. The van der Waals surface area contributed by atoms with Gasteiger partial charge in [-0.05, 0) is 30.5 Å². The first-order valence-corrected chi connectivity index (χ1v) is 11.7. The molecule has 0 saturated carbocycles. The first-order valence-electron chi connectivity index (χ1n) is 11.7. The molecular weight excluding hydrogens is 460 g/mol. The summed E-state index contributed by atoms with van der Waals surface area (Å²) in [5.41, 5.74) is 6.41. The van der Waals surface area contributed by atoms with E-state index in [1.165, 1.54) is 11.1 Å². The number of hydrogen-bond donors (Lipinski definition) is 2. The third kappa shape index (κ3) is 4.24. The summed E-state index contributed by atoms with van der Waals surface area (Å²) in [6.07, 6.45) is 1.71. The Bertz CT molecular complexity index is 1410. The number of methoxy groups -OCH3 is 2. The molecule has 0 spiro atoms. The molecule has 184 valence electrons. The third-order valence-corrected chi connectivity index (χ3v) is 6.57. The number of benzene rings is 2. The van der Waals surface area contributed by atoms with E-state index in [-0.39, 0.29) is 18.1 Å². The Morgan fingerprint density at radius 2 is 1.75 bits per heavy atom. The van der Waals surface area contributed by atoms with Crippen LogP contribution in [0.5, 0.6) is 11.5 Å². The lowest BCUT2D eigenvalue weighted by Crippen LogP contribution is -2.43. The number of ketones is 1. The number of anilines is 1. The Balaban J connectivity index is 1.58. The average Bonchev–Trinajstić information content (AvgIpc) is 2.90. The molecule has 3 aromatic rings. The van der Waals surface area contributed by atoms with Crippen molar-refractivity contribution >= 4 is 17.4 Å². The van der Waals surface area contributed by atoms with Crippen molar-refractivity contribution < 1.29 is 19.1 Å². The highest BCUT2D eigenvalue weighted by Gasteiger charge is 2.40. The summed E-state index contributed by atoms with van der Waals surface area (Å²) in [6, 6.07) is 16.2. The maximum Gasteiger partial charge on any atom is 0.266 e. The highest BCUT2D eigenvalue weighted by molar-refractivity contribution is 6.01. The van der Waals surface area contributed by atoms with E-state index in [0.717, 1.165) is 11.1 Å². The van der Waals surface area contributed by atoms with Gasteiger partial charge < -0.3 is 9.47 Å². The Morgan fingerprint density at radius 1 is 0.972 bits per heavy atom.